The maximum absolute atomic E-state index is 6.67. The van der Waals surface area contributed by atoms with E-state index in [-0.39, 0.29) is 12.9 Å². The fourth-order valence-corrected chi connectivity index (χ4v) is 3.45. The highest BCUT2D eigenvalue weighted by atomic mass is 35.5. The molecule has 1 atom stereocenters. The van der Waals surface area contributed by atoms with Crippen molar-refractivity contribution >= 4 is 29.3 Å². The monoisotopic (exact) mass is 417 g/mol. The molecule has 2 aliphatic rings. The van der Waals surface area contributed by atoms with Gasteiger partial charge in [-0.05, 0) is 32.4 Å². The second kappa shape index (κ2) is 8.39. The second-order valence-corrected chi connectivity index (χ2v) is 7.40. The first-order valence-corrected chi connectivity index (χ1v) is 10.1. The minimum Gasteiger partial charge on any atom is -0.493 e. The molecule has 0 bridgehead atoms. The molecule has 0 saturated heterocycles. The molecule has 8 heteroatoms. The Hall–Kier alpha value is -2.64. The lowest BCUT2D eigenvalue weighted by Crippen LogP contribution is -2.36. The molecule has 0 radical (unpaired) electrons. The van der Waals surface area contributed by atoms with Crippen LogP contribution in [0.2, 0.25) is 0 Å². The summed E-state index contributed by atoms with van der Waals surface area (Å²) in [5, 5.41) is 0. The smallest absolute Gasteiger partial charge is 0.231 e. The van der Waals surface area contributed by atoms with E-state index in [1.165, 1.54) is 0 Å². The Kier molecular flexibility index (Phi) is 5.69. The van der Waals surface area contributed by atoms with E-state index >= 15 is 0 Å². The summed E-state index contributed by atoms with van der Waals surface area (Å²) in [6.07, 6.45) is 1.92. The molecule has 2 N–H and O–H groups in total. The number of benzene rings is 2. The first kappa shape index (κ1) is 19.7. The highest BCUT2D eigenvalue weighted by Gasteiger charge is 2.31. The number of halogens is 1. The van der Waals surface area contributed by atoms with Gasteiger partial charge in [-0.3, -0.25) is 0 Å². The summed E-state index contributed by atoms with van der Waals surface area (Å²) in [6, 6.07) is 9.43. The van der Waals surface area contributed by atoms with Gasteiger partial charge >= 0.3 is 0 Å². The van der Waals surface area contributed by atoms with Crippen LogP contribution in [0.25, 0.3) is 0 Å². The Morgan fingerprint density at radius 1 is 1.31 bits per heavy atom. The van der Waals surface area contributed by atoms with Crippen molar-refractivity contribution in [2.75, 3.05) is 24.2 Å². The van der Waals surface area contributed by atoms with Crippen molar-refractivity contribution in [3.8, 4) is 23.0 Å². The van der Waals surface area contributed by atoms with E-state index in [0.29, 0.717) is 35.5 Å². The Labute approximate surface area is 175 Å². The van der Waals surface area contributed by atoms with Crippen molar-refractivity contribution in [2.45, 2.75) is 32.5 Å². The number of hydrogen-bond acceptors (Lipinski definition) is 7. The molecule has 0 aromatic heterocycles. The zero-order valence-corrected chi connectivity index (χ0v) is 17.2. The van der Waals surface area contributed by atoms with Crippen molar-refractivity contribution in [1.29, 1.82) is 0 Å². The second-order valence-electron chi connectivity index (χ2n) is 7.02. The number of rotatable bonds is 7. The normalized spacial score (nSPS) is 16.9. The van der Waals surface area contributed by atoms with E-state index in [0.717, 1.165) is 23.4 Å². The van der Waals surface area contributed by atoms with E-state index in [4.69, 9.17) is 36.3 Å². The lowest BCUT2D eigenvalue weighted by atomic mass is 10.0. The van der Waals surface area contributed by atoms with E-state index < -0.39 is 6.17 Å². The number of aliphatic imine (C=N–C) groups is 1. The number of anilines is 1. The molecule has 0 saturated carbocycles. The summed E-state index contributed by atoms with van der Waals surface area (Å²) < 4.78 is 23.0. The van der Waals surface area contributed by atoms with Crippen LogP contribution < -0.4 is 29.6 Å². The van der Waals surface area contributed by atoms with Gasteiger partial charge in [-0.25, -0.2) is 4.99 Å². The predicted octanol–water partition coefficient (Wildman–Crippen LogP) is 4.35. The third kappa shape index (κ3) is 3.93. The van der Waals surface area contributed by atoms with Gasteiger partial charge in [0.25, 0.3) is 0 Å². The predicted molar refractivity (Wildman–Crippen MR) is 113 cm³/mol. The van der Waals surface area contributed by atoms with Crippen LogP contribution in [-0.2, 0) is 0 Å². The molecule has 0 aliphatic carbocycles. The summed E-state index contributed by atoms with van der Waals surface area (Å²) in [6.45, 7) is 4.66. The molecule has 2 aliphatic heterocycles. The third-order valence-corrected chi connectivity index (χ3v) is 4.84. The fourth-order valence-electron chi connectivity index (χ4n) is 3.34. The van der Waals surface area contributed by atoms with Crippen molar-refractivity contribution in [3.63, 3.8) is 0 Å². The minimum atomic E-state index is -0.510. The first-order valence-electron chi connectivity index (χ1n) is 9.58. The van der Waals surface area contributed by atoms with Gasteiger partial charge in [-0.15, -0.1) is 11.6 Å². The quantitative estimate of drug-likeness (QED) is 0.533. The van der Waals surface area contributed by atoms with Gasteiger partial charge in [0, 0.05) is 18.0 Å². The lowest BCUT2D eigenvalue weighted by Gasteiger charge is -2.33. The molecule has 4 rings (SSSR count). The highest BCUT2D eigenvalue weighted by molar-refractivity contribution is 6.17. The molecular formula is C21H24ClN3O4. The van der Waals surface area contributed by atoms with Crippen LogP contribution >= 0.6 is 11.6 Å². The standard InChI is InChI=1S/C21H24ClN3O4/c1-13(2)29-18-10-14(26-8-4-7-22)9-15-19(18)21(23)25(11-24-15)16-5-3-6-17-20(16)28-12-27-17/h3,5-6,9-11,13,21H,4,7-8,12,23H2,1-2H3. The topological polar surface area (TPSA) is 78.5 Å². The Morgan fingerprint density at radius 2 is 2.17 bits per heavy atom. The zero-order valence-electron chi connectivity index (χ0n) is 16.4. The number of alkyl halides is 1. The summed E-state index contributed by atoms with van der Waals surface area (Å²) >= 11 is 5.75. The fraction of sp³-hybridized carbons (Fsp3) is 0.381. The van der Waals surface area contributed by atoms with Gasteiger partial charge in [0.05, 0.1) is 36.0 Å². The maximum Gasteiger partial charge on any atom is 0.231 e. The molecule has 1 unspecified atom stereocenters. The molecule has 154 valence electrons. The van der Waals surface area contributed by atoms with Crippen LogP contribution in [0.3, 0.4) is 0 Å². The molecule has 0 fully saturated rings. The van der Waals surface area contributed by atoms with E-state index in [1.807, 2.05) is 49.1 Å². The summed E-state index contributed by atoms with van der Waals surface area (Å²) in [5.74, 6) is 3.23. The number of ether oxygens (including phenoxy) is 4. The molecule has 29 heavy (non-hydrogen) atoms. The Morgan fingerprint density at radius 3 is 2.97 bits per heavy atom. The maximum atomic E-state index is 6.67. The van der Waals surface area contributed by atoms with E-state index in [9.17, 15) is 0 Å². The molecule has 2 aromatic rings. The molecule has 0 spiro atoms. The van der Waals surface area contributed by atoms with Crippen LogP contribution in [0.1, 0.15) is 32.0 Å². The largest absolute Gasteiger partial charge is 0.493 e. The molecule has 7 nitrogen and oxygen atoms in total. The first-order chi connectivity index (χ1) is 14.1. The van der Waals surface area contributed by atoms with Gasteiger partial charge in [-0.1, -0.05) is 6.07 Å². The number of nitrogens with two attached hydrogens (primary N) is 1. The molecule has 2 heterocycles. The van der Waals surface area contributed by atoms with Gasteiger partial charge in [-0.2, -0.15) is 0 Å². The Bertz CT molecular complexity index is 919. The zero-order chi connectivity index (χ0) is 20.4. The summed E-state index contributed by atoms with van der Waals surface area (Å²) in [4.78, 5) is 6.48. The highest BCUT2D eigenvalue weighted by Crippen LogP contribution is 2.47. The number of para-hydroxylation sites is 1. The van der Waals surface area contributed by atoms with Crippen LogP contribution in [-0.4, -0.2) is 31.7 Å². The molecule has 0 amide bonds. The average Bonchev–Trinajstić information content (AvgIpc) is 3.17. The van der Waals surface area contributed by atoms with Gasteiger partial charge < -0.3 is 29.6 Å². The van der Waals surface area contributed by atoms with Gasteiger partial charge in [0.1, 0.15) is 17.7 Å². The average molecular weight is 418 g/mol. The number of nitrogens with zero attached hydrogens (tertiary/aromatic N) is 2. The van der Waals surface area contributed by atoms with Gasteiger partial charge in [0.2, 0.25) is 6.79 Å². The third-order valence-electron chi connectivity index (χ3n) is 4.57. The van der Waals surface area contributed by atoms with Crippen LogP contribution in [0.15, 0.2) is 35.3 Å². The van der Waals surface area contributed by atoms with Crippen molar-refractivity contribution < 1.29 is 18.9 Å². The van der Waals surface area contributed by atoms with Crippen molar-refractivity contribution in [2.24, 2.45) is 10.7 Å². The summed E-state index contributed by atoms with van der Waals surface area (Å²) in [7, 11) is 0. The molecule has 2 aromatic carbocycles. The number of hydrogen-bond donors (Lipinski definition) is 1. The van der Waals surface area contributed by atoms with Gasteiger partial charge in [0.15, 0.2) is 11.5 Å². The van der Waals surface area contributed by atoms with E-state index in [1.54, 1.807) is 6.34 Å². The van der Waals surface area contributed by atoms with Crippen molar-refractivity contribution in [3.05, 3.63) is 35.9 Å². The van der Waals surface area contributed by atoms with Crippen LogP contribution in [0.4, 0.5) is 11.4 Å². The van der Waals surface area contributed by atoms with E-state index in [2.05, 4.69) is 4.99 Å². The lowest BCUT2D eigenvalue weighted by molar-refractivity contribution is 0.174. The van der Waals surface area contributed by atoms with Crippen LogP contribution in [0, 0.1) is 0 Å². The minimum absolute atomic E-state index is 0.0264. The number of fused-ring (bicyclic) bond motifs is 2. The SMILES string of the molecule is CC(C)Oc1cc(OCCCCl)cc2c1C(N)N(c1cccc3c1OCO3)C=N2. The van der Waals surface area contributed by atoms with Crippen LogP contribution in [0.5, 0.6) is 23.0 Å². The van der Waals surface area contributed by atoms with Crippen molar-refractivity contribution in [1.82, 2.24) is 0 Å². The summed E-state index contributed by atoms with van der Waals surface area (Å²) in [5.41, 5.74) is 8.97. The molecular weight excluding hydrogens is 394 g/mol. The Balaban J connectivity index is 1.71.